The van der Waals surface area contributed by atoms with Crippen LogP contribution in [0.4, 0.5) is 4.39 Å². The number of rotatable bonds is 6. The maximum absolute atomic E-state index is 13.2. The van der Waals surface area contributed by atoms with Crippen molar-refractivity contribution in [3.8, 4) is 0 Å². The number of sulfone groups is 1. The Morgan fingerprint density at radius 2 is 1.81 bits per heavy atom. The van der Waals surface area contributed by atoms with Crippen molar-refractivity contribution in [2.45, 2.75) is 9.46 Å². The molecule has 0 saturated carbocycles. The lowest BCUT2D eigenvalue weighted by molar-refractivity contribution is 0.0953. The van der Waals surface area contributed by atoms with Gasteiger partial charge in [-0.1, -0.05) is 18.2 Å². The van der Waals surface area contributed by atoms with Crippen LogP contribution in [0.25, 0.3) is 0 Å². The van der Waals surface area contributed by atoms with Crippen molar-refractivity contribution in [3.63, 3.8) is 0 Å². The number of nitrogens with one attached hydrogen (secondary N) is 1. The molecule has 0 saturated heterocycles. The number of thiophene rings is 1. The quantitative estimate of drug-likeness (QED) is 0.701. The van der Waals surface area contributed by atoms with E-state index in [2.05, 4.69) is 10.3 Å². The Morgan fingerprint density at radius 3 is 2.42 bits per heavy atom. The molecule has 3 rings (SSSR count). The van der Waals surface area contributed by atoms with Gasteiger partial charge in [0.15, 0.2) is 9.84 Å². The number of hydrogen-bond acceptors (Lipinski definition) is 5. The molecule has 0 fully saturated rings. The highest BCUT2D eigenvalue weighted by Crippen LogP contribution is 2.31. The molecule has 1 aromatic carbocycles. The maximum atomic E-state index is 13.2. The van der Waals surface area contributed by atoms with Crippen molar-refractivity contribution in [2.75, 3.05) is 6.54 Å². The zero-order valence-electron chi connectivity index (χ0n) is 13.5. The summed E-state index contributed by atoms with van der Waals surface area (Å²) in [5.74, 6) is -0.859. The predicted octanol–water partition coefficient (Wildman–Crippen LogP) is 3.23. The molecule has 5 nitrogen and oxygen atoms in total. The fourth-order valence-corrected chi connectivity index (χ4v) is 5.31. The number of hydrogen-bond donors (Lipinski definition) is 1. The average molecular weight is 390 g/mol. The summed E-state index contributed by atoms with van der Waals surface area (Å²) in [6.07, 6.45) is 2.96. The largest absolute Gasteiger partial charge is 0.350 e. The Hall–Kier alpha value is -2.58. The van der Waals surface area contributed by atoms with Crippen molar-refractivity contribution in [1.29, 1.82) is 0 Å². The highest BCUT2D eigenvalue weighted by Gasteiger charge is 2.30. The molecule has 2 aromatic heterocycles. The number of carbonyl (C=O) groups excluding carboxylic acids is 1. The molecule has 26 heavy (non-hydrogen) atoms. The highest BCUT2D eigenvalue weighted by molar-refractivity contribution is 7.93. The van der Waals surface area contributed by atoms with Gasteiger partial charge in [0.05, 0.1) is 0 Å². The third-order valence-electron chi connectivity index (χ3n) is 3.78. The first-order valence-corrected chi connectivity index (χ1v) is 10.1. The number of amides is 1. The molecule has 0 aliphatic rings. The van der Waals surface area contributed by atoms with Crippen LogP contribution in [0.3, 0.4) is 0 Å². The van der Waals surface area contributed by atoms with E-state index in [0.29, 0.717) is 11.1 Å². The van der Waals surface area contributed by atoms with Gasteiger partial charge in [0, 0.05) is 24.5 Å². The molecule has 2 heterocycles. The minimum atomic E-state index is -3.73. The summed E-state index contributed by atoms with van der Waals surface area (Å²) in [6.45, 7) is -0.132. The SMILES string of the molecule is O=C(NCC(c1ccc(F)cc1)S(=O)(=O)c1cccs1)c1ccncc1. The summed E-state index contributed by atoms with van der Waals surface area (Å²) in [5.41, 5.74) is 0.793. The van der Waals surface area contributed by atoms with Gasteiger partial charge in [-0.15, -0.1) is 11.3 Å². The van der Waals surface area contributed by atoms with Crippen LogP contribution in [0.1, 0.15) is 21.2 Å². The smallest absolute Gasteiger partial charge is 0.251 e. The van der Waals surface area contributed by atoms with E-state index in [9.17, 15) is 17.6 Å². The van der Waals surface area contributed by atoms with Crippen LogP contribution in [-0.4, -0.2) is 25.9 Å². The van der Waals surface area contributed by atoms with E-state index in [1.165, 1.54) is 54.9 Å². The molecular formula is C18H15FN2O3S2. The molecule has 0 aliphatic carbocycles. The molecule has 0 radical (unpaired) electrons. The fourth-order valence-electron chi connectivity index (χ4n) is 2.44. The first-order valence-electron chi connectivity index (χ1n) is 7.69. The Balaban J connectivity index is 1.89. The Morgan fingerprint density at radius 1 is 1.12 bits per heavy atom. The summed E-state index contributed by atoms with van der Waals surface area (Å²) in [4.78, 5) is 16.1. The maximum Gasteiger partial charge on any atom is 0.251 e. The van der Waals surface area contributed by atoms with Crippen LogP contribution < -0.4 is 5.32 Å². The van der Waals surface area contributed by atoms with Gasteiger partial charge in [0.2, 0.25) is 0 Å². The summed E-state index contributed by atoms with van der Waals surface area (Å²) in [7, 11) is -3.73. The van der Waals surface area contributed by atoms with Crippen molar-refractivity contribution >= 4 is 27.1 Å². The zero-order chi connectivity index (χ0) is 18.6. The molecule has 1 N–H and O–H groups in total. The number of carbonyl (C=O) groups is 1. The van der Waals surface area contributed by atoms with E-state index in [0.717, 1.165) is 11.3 Å². The predicted molar refractivity (Wildman–Crippen MR) is 97.2 cm³/mol. The van der Waals surface area contributed by atoms with E-state index < -0.39 is 26.8 Å². The molecule has 1 amide bonds. The van der Waals surface area contributed by atoms with Gasteiger partial charge in [-0.3, -0.25) is 9.78 Å². The Kier molecular flexibility index (Phi) is 5.43. The highest BCUT2D eigenvalue weighted by atomic mass is 32.2. The van der Waals surface area contributed by atoms with Crippen molar-refractivity contribution in [3.05, 3.63) is 83.2 Å². The van der Waals surface area contributed by atoms with Crippen LogP contribution in [0, 0.1) is 5.82 Å². The van der Waals surface area contributed by atoms with E-state index >= 15 is 0 Å². The summed E-state index contributed by atoms with van der Waals surface area (Å²) in [5, 5.41) is 3.30. The van der Waals surface area contributed by atoms with E-state index in [4.69, 9.17) is 0 Å². The standard InChI is InChI=1S/C18H15FN2O3S2/c19-15-5-3-13(4-6-15)16(26(23,24)17-2-1-11-25-17)12-21-18(22)14-7-9-20-10-8-14/h1-11,16H,12H2,(H,21,22). The molecule has 8 heteroatoms. The molecule has 3 aromatic rings. The van der Waals surface area contributed by atoms with Crippen molar-refractivity contribution < 1.29 is 17.6 Å². The van der Waals surface area contributed by atoms with Gasteiger partial charge in [0.1, 0.15) is 15.3 Å². The van der Waals surface area contributed by atoms with Gasteiger partial charge in [-0.25, -0.2) is 12.8 Å². The second kappa shape index (κ2) is 7.76. The molecule has 134 valence electrons. The van der Waals surface area contributed by atoms with E-state index in [-0.39, 0.29) is 10.8 Å². The van der Waals surface area contributed by atoms with Gasteiger partial charge in [-0.05, 0) is 41.3 Å². The Labute approximate surface area is 154 Å². The summed E-state index contributed by atoms with van der Waals surface area (Å²) < 4.78 is 39.4. The molecule has 0 spiro atoms. The Bertz CT molecular complexity index is 973. The number of benzene rings is 1. The van der Waals surface area contributed by atoms with Crippen LogP contribution in [0.15, 0.2) is 70.5 Å². The zero-order valence-corrected chi connectivity index (χ0v) is 15.1. The second-order valence-corrected chi connectivity index (χ2v) is 8.77. The first-order chi connectivity index (χ1) is 12.5. The topological polar surface area (TPSA) is 76.1 Å². The van der Waals surface area contributed by atoms with Crippen LogP contribution in [0.5, 0.6) is 0 Å². The second-order valence-electron chi connectivity index (χ2n) is 5.46. The number of pyridine rings is 1. The number of aromatic nitrogens is 1. The fraction of sp³-hybridized carbons (Fsp3) is 0.111. The molecule has 1 unspecified atom stereocenters. The molecule has 1 atom stereocenters. The van der Waals surface area contributed by atoms with Crippen molar-refractivity contribution in [2.24, 2.45) is 0 Å². The minimum Gasteiger partial charge on any atom is -0.350 e. The minimum absolute atomic E-state index is 0.132. The van der Waals surface area contributed by atoms with Crippen molar-refractivity contribution in [1.82, 2.24) is 10.3 Å². The van der Waals surface area contributed by atoms with Crippen LogP contribution >= 0.6 is 11.3 Å². The normalized spacial score (nSPS) is 12.5. The van der Waals surface area contributed by atoms with Gasteiger partial charge in [-0.2, -0.15) is 0 Å². The van der Waals surface area contributed by atoms with Crippen LogP contribution in [0.2, 0.25) is 0 Å². The van der Waals surface area contributed by atoms with E-state index in [1.54, 1.807) is 11.4 Å². The molecule has 0 bridgehead atoms. The number of halogens is 1. The summed E-state index contributed by atoms with van der Waals surface area (Å²) >= 11 is 1.10. The lowest BCUT2D eigenvalue weighted by atomic mass is 10.1. The first kappa shape index (κ1) is 18.2. The third kappa shape index (κ3) is 3.97. The van der Waals surface area contributed by atoms with Crippen LogP contribution in [-0.2, 0) is 9.84 Å². The average Bonchev–Trinajstić information content (AvgIpc) is 3.19. The molecule has 0 aliphatic heterocycles. The lowest BCUT2D eigenvalue weighted by Crippen LogP contribution is -2.31. The van der Waals surface area contributed by atoms with Gasteiger partial charge >= 0.3 is 0 Å². The van der Waals surface area contributed by atoms with E-state index in [1.807, 2.05) is 0 Å². The summed E-state index contributed by atoms with van der Waals surface area (Å²) in [6, 6.07) is 11.5. The van der Waals surface area contributed by atoms with Gasteiger partial charge < -0.3 is 5.32 Å². The van der Waals surface area contributed by atoms with Gasteiger partial charge in [0.25, 0.3) is 5.91 Å². The lowest BCUT2D eigenvalue weighted by Gasteiger charge is -2.18. The monoisotopic (exact) mass is 390 g/mol. The number of nitrogens with zero attached hydrogens (tertiary/aromatic N) is 1. The molecular weight excluding hydrogens is 375 g/mol. The third-order valence-corrected chi connectivity index (χ3v) is 7.31.